The van der Waals surface area contributed by atoms with E-state index in [0.29, 0.717) is 24.0 Å². The number of ether oxygens (including phenoxy) is 2. The number of hydrogen-bond acceptors (Lipinski definition) is 4. The van der Waals surface area contributed by atoms with Crippen molar-refractivity contribution in [2.45, 2.75) is 17.5 Å². The average Bonchev–Trinajstić information content (AvgIpc) is 3.02. The Kier molecular flexibility index (Phi) is 4.61. The van der Waals surface area contributed by atoms with E-state index < -0.39 is 26.7 Å². The summed E-state index contributed by atoms with van der Waals surface area (Å²) in [6.07, 6.45) is -4.24. The molecule has 0 fully saturated rings. The Morgan fingerprint density at radius 1 is 1.04 bits per heavy atom. The van der Waals surface area contributed by atoms with Gasteiger partial charge in [-0.25, -0.2) is 13.1 Å². The molecule has 3 rings (SSSR count). The van der Waals surface area contributed by atoms with Gasteiger partial charge in [-0.05, 0) is 42.3 Å². The predicted octanol–water partition coefficient (Wildman–Crippen LogP) is 2.96. The molecule has 0 saturated carbocycles. The smallest absolute Gasteiger partial charge is 0.416 e. The highest BCUT2D eigenvalue weighted by Crippen LogP contribution is 2.33. The molecule has 1 N–H and O–H groups in total. The Hall–Kier alpha value is -2.26. The van der Waals surface area contributed by atoms with Crippen molar-refractivity contribution in [2.24, 2.45) is 0 Å². The van der Waals surface area contributed by atoms with Gasteiger partial charge in [0, 0.05) is 6.54 Å². The Bertz CT molecular complexity index is 881. The number of alkyl halides is 3. The predicted molar refractivity (Wildman–Crippen MR) is 82.9 cm³/mol. The molecule has 0 atom stereocenters. The zero-order valence-corrected chi connectivity index (χ0v) is 13.7. The van der Waals surface area contributed by atoms with Gasteiger partial charge in [0.1, 0.15) is 0 Å². The van der Waals surface area contributed by atoms with Crippen LogP contribution in [0.2, 0.25) is 0 Å². The van der Waals surface area contributed by atoms with Crippen molar-refractivity contribution in [3.63, 3.8) is 0 Å². The van der Waals surface area contributed by atoms with E-state index in [4.69, 9.17) is 9.47 Å². The number of benzene rings is 2. The maximum Gasteiger partial charge on any atom is 0.416 e. The van der Waals surface area contributed by atoms with Crippen molar-refractivity contribution >= 4 is 10.0 Å². The first-order chi connectivity index (χ1) is 11.8. The van der Waals surface area contributed by atoms with Crippen molar-refractivity contribution in [1.82, 2.24) is 4.72 Å². The molecule has 0 aromatic heterocycles. The highest BCUT2D eigenvalue weighted by molar-refractivity contribution is 7.89. The number of fused-ring (bicyclic) bond motifs is 1. The highest BCUT2D eigenvalue weighted by atomic mass is 32.2. The van der Waals surface area contributed by atoms with Crippen molar-refractivity contribution in [1.29, 1.82) is 0 Å². The Morgan fingerprint density at radius 3 is 2.56 bits per heavy atom. The molecule has 25 heavy (non-hydrogen) atoms. The van der Waals surface area contributed by atoms with Crippen molar-refractivity contribution in [3.05, 3.63) is 53.6 Å². The standard InChI is InChI=1S/C16H14F3NO4S/c17-16(18,19)12-2-1-3-13(9-12)25(21,22)20-7-6-11-4-5-14-15(8-11)24-10-23-14/h1-5,8-9,20H,6-7,10H2. The first-order valence-electron chi connectivity index (χ1n) is 7.31. The minimum atomic E-state index is -4.60. The lowest BCUT2D eigenvalue weighted by atomic mass is 10.1. The molecule has 0 spiro atoms. The molecule has 9 heteroatoms. The SMILES string of the molecule is O=S(=O)(NCCc1ccc2c(c1)OCO2)c1cccc(C(F)(F)F)c1. The maximum atomic E-state index is 12.7. The fourth-order valence-electron chi connectivity index (χ4n) is 2.35. The Labute approximate surface area is 142 Å². The van der Waals surface area contributed by atoms with Crippen LogP contribution in [0.5, 0.6) is 11.5 Å². The van der Waals surface area contributed by atoms with Gasteiger partial charge >= 0.3 is 6.18 Å². The van der Waals surface area contributed by atoms with Crippen LogP contribution < -0.4 is 14.2 Å². The van der Waals surface area contributed by atoms with Gasteiger partial charge in [0.2, 0.25) is 16.8 Å². The van der Waals surface area contributed by atoms with E-state index in [1.807, 2.05) is 0 Å². The lowest BCUT2D eigenvalue weighted by molar-refractivity contribution is -0.137. The fourth-order valence-corrected chi connectivity index (χ4v) is 3.43. The summed E-state index contributed by atoms with van der Waals surface area (Å²) < 4.78 is 75.2. The molecule has 0 saturated heterocycles. The van der Waals surface area contributed by atoms with Crippen LogP contribution in [0.4, 0.5) is 13.2 Å². The van der Waals surface area contributed by atoms with Crippen LogP contribution in [0.3, 0.4) is 0 Å². The quantitative estimate of drug-likeness (QED) is 0.875. The topological polar surface area (TPSA) is 64.6 Å². The zero-order chi connectivity index (χ0) is 18.1. The number of hydrogen-bond donors (Lipinski definition) is 1. The van der Waals surface area contributed by atoms with Crippen LogP contribution in [0.25, 0.3) is 0 Å². The Balaban J connectivity index is 1.66. The minimum absolute atomic E-state index is 0.0399. The lowest BCUT2D eigenvalue weighted by Crippen LogP contribution is -2.26. The van der Waals surface area contributed by atoms with Gasteiger partial charge in [0.05, 0.1) is 10.5 Å². The van der Waals surface area contributed by atoms with Gasteiger partial charge in [0.25, 0.3) is 0 Å². The van der Waals surface area contributed by atoms with Crippen LogP contribution in [-0.2, 0) is 22.6 Å². The normalized spacial score (nSPS) is 13.9. The van der Waals surface area contributed by atoms with E-state index in [9.17, 15) is 21.6 Å². The van der Waals surface area contributed by atoms with E-state index in [-0.39, 0.29) is 13.3 Å². The molecule has 0 amide bonds. The van der Waals surface area contributed by atoms with Crippen molar-refractivity contribution < 1.29 is 31.1 Å². The minimum Gasteiger partial charge on any atom is -0.454 e. The third-order valence-electron chi connectivity index (χ3n) is 3.61. The lowest BCUT2D eigenvalue weighted by Gasteiger charge is -2.10. The van der Waals surface area contributed by atoms with Gasteiger partial charge in [-0.15, -0.1) is 0 Å². The molecule has 1 aliphatic rings. The van der Waals surface area contributed by atoms with Crippen molar-refractivity contribution in [2.75, 3.05) is 13.3 Å². The van der Waals surface area contributed by atoms with E-state index >= 15 is 0 Å². The molecule has 2 aromatic rings. The molecule has 0 aliphatic carbocycles. The van der Waals surface area contributed by atoms with Gasteiger partial charge in [-0.3, -0.25) is 0 Å². The van der Waals surface area contributed by atoms with E-state index in [1.165, 1.54) is 0 Å². The molecule has 0 unspecified atom stereocenters. The fraction of sp³-hybridized carbons (Fsp3) is 0.250. The summed E-state index contributed by atoms with van der Waals surface area (Å²) in [5, 5.41) is 0. The molecule has 1 heterocycles. The largest absolute Gasteiger partial charge is 0.454 e. The summed E-state index contributed by atoms with van der Waals surface area (Å²) in [5.74, 6) is 1.20. The highest BCUT2D eigenvalue weighted by Gasteiger charge is 2.31. The number of halogens is 3. The van der Waals surface area contributed by atoms with Crippen LogP contribution in [0.15, 0.2) is 47.4 Å². The second-order valence-electron chi connectivity index (χ2n) is 5.36. The van der Waals surface area contributed by atoms with Crippen LogP contribution in [0, 0.1) is 0 Å². The first-order valence-corrected chi connectivity index (χ1v) is 8.79. The third kappa shape index (κ3) is 4.05. The zero-order valence-electron chi connectivity index (χ0n) is 12.8. The number of rotatable bonds is 5. The second kappa shape index (κ2) is 6.57. The van der Waals surface area contributed by atoms with E-state index in [0.717, 1.165) is 23.8 Å². The summed E-state index contributed by atoms with van der Waals surface area (Å²) >= 11 is 0. The molecule has 5 nitrogen and oxygen atoms in total. The number of sulfonamides is 1. The average molecular weight is 373 g/mol. The molecular formula is C16H14F3NO4S. The maximum absolute atomic E-state index is 12.7. The van der Waals surface area contributed by atoms with Gasteiger partial charge < -0.3 is 9.47 Å². The molecule has 2 aromatic carbocycles. The van der Waals surface area contributed by atoms with Gasteiger partial charge in [-0.1, -0.05) is 12.1 Å². The summed E-state index contributed by atoms with van der Waals surface area (Å²) in [7, 11) is -4.03. The molecule has 134 valence electrons. The monoisotopic (exact) mass is 373 g/mol. The van der Waals surface area contributed by atoms with Crippen molar-refractivity contribution in [3.8, 4) is 11.5 Å². The summed E-state index contributed by atoms with van der Waals surface area (Å²) in [4.78, 5) is -0.423. The van der Waals surface area contributed by atoms with Crippen LogP contribution in [0.1, 0.15) is 11.1 Å². The molecule has 1 aliphatic heterocycles. The van der Waals surface area contributed by atoms with E-state index in [1.54, 1.807) is 18.2 Å². The molecule has 0 radical (unpaired) electrons. The van der Waals surface area contributed by atoms with Gasteiger partial charge in [-0.2, -0.15) is 13.2 Å². The van der Waals surface area contributed by atoms with Crippen LogP contribution >= 0.6 is 0 Å². The van der Waals surface area contributed by atoms with E-state index in [2.05, 4.69) is 4.72 Å². The molecule has 0 bridgehead atoms. The van der Waals surface area contributed by atoms with Crippen LogP contribution in [-0.4, -0.2) is 21.8 Å². The first kappa shape index (κ1) is 17.6. The molecular weight excluding hydrogens is 359 g/mol. The third-order valence-corrected chi connectivity index (χ3v) is 5.07. The Morgan fingerprint density at radius 2 is 1.80 bits per heavy atom. The second-order valence-corrected chi connectivity index (χ2v) is 7.13. The summed E-state index contributed by atoms with van der Waals surface area (Å²) in [5.41, 5.74) is -0.192. The summed E-state index contributed by atoms with van der Waals surface area (Å²) in [6.45, 7) is 0.180. The van der Waals surface area contributed by atoms with Gasteiger partial charge in [0.15, 0.2) is 11.5 Å². The summed E-state index contributed by atoms with van der Waals surface area (Å²) in [6, 6.07) is 8.86. The number of nitrogens with one attached hydrogen (secondary N) is 1.